The van der Waals surface area contributed by atoms with Crippen LogP contribution < -0.4 is 4.74 Å². The fraction of sp³-hybridized carbons (Fsp3) is 0.467. The van der Waals surface area contributed by atoms with Crippen LogP contribution in [0.25, 0.3) is 0 Å². The zero-order chi connectivity index (χ0) is 12.0. The molecule has 2 heteroatoms. The van der Waals surface area contributed by atoms with Gasteiger partial charge in [0, 0.05) is 11.8 Å². The number of carbonyl (C=O) groups is 1. The molecule has 3 rings (SSSR count). The van der Waals surface area contributed by atoms with Crippen molar-refractivity contribution in [2.45, 2.75) is 26.4 Å². The SMILES string of the molecule is CC1(C)C2[CH]CC1C(Oc1c[c]ccc1)C2=O. The third-order valence-electron chi connectivity index (χ3n) is 4.28. The van der Waals surface area contributed by atoms with Crippen LogP contribution in [0, 0.1) is 29.7 Å². The van der Waals surface area contributed by atoms with Crippen molar-refractivity contribution in [3.63, 3.8) is 0 Å². The number of hydrogen-bond acceptors (Lipinski definition) is 2. The van der Waals surface area contributed by atoms with Crippen LogP contribution in [0.5, 0.6) is 5.75 Å². The molecule has 3 unspecified atom stereocenters. The summed E-state index contributed by atoms with van der Waals surface area (Å²) in [4.78, 5) is 12.2. The second-order valence-corrected chi connectivity index (χ2v) is 5.56. The molecule has 0 aliphatic heterocycles. The lowest BCUT2D eigenvalue weighted by atomic mass is 9.82. The molecule has 0 amide bonds. The Balaban J connectivity index is 1.84. The standard InChI is InChI=1S/C15H16O2/c1-15(2)11-8-9-12(15)14(13(11)16)17-10-6-4-3-5-7-10/h3-4,6-8,11-12,14H,9H2,1-2H3. The Labute approximate surface area is 102 Å². The molecule has 2 bridgehead atoms. The highest BCUT2D eigenvalue weighted by Crippen LogP contribution is 2.55. The fourth-order valence-electron chi connectivity index (χ4n) is 3.23. The average Bonchev–Trinajstić information content (AvgIpc) is 2.69. The lowest BCUT2D eigenvalue weighted by molar-refractivity contribution is -0.127. The minimum absolute atomic E-state index is 0.0558. The van der Waals surface area contributed by atoms with Gasteiger partial charge in [0.05, 0.1) is 0 Å². The zero-order valence-electron chi connectivity index (χ0n) is 10.1. The molecule has 1 aromatic rings. The lowest BCUT2D eigenvalue weighted by Crippen LogP contribution is -2.33. The second-order valence-electron chi connectivity index (χ2n) is 5.56. The Bertz CT molecular complexity index is 435. The molecule has 2 nitrogen and oxygen atoms in total. The summed E-state index contributed by atoms with van der Waals surface area (Å²) in [5, 5.41) is 0. The predicted molar refractivity (Wildman–Crippen MR) is 64.4 cm³/mol. The number of fused-ring (bicyclic) bond motifs is 2. The van der Waals surface area contributed by atoms with Crippen LogP contribution in [-0.2, 0) is 4.79 Å². The molecular formula is C15H16O2. The summed E-state index contributed by atoms with van der Waals surface area (Å²) in [6.07, 6.45) is 2.88. The van der Waals surface area contributed by atoms with Crippen molar-refractivity contribution in [2.24, 2.45) is 17.3 Å². The summed E-state index contributed by atoms with van der Waals surface area (Å²) < 4.78 is 5.86. The summed E-state index contributed by atoms with van der Waals surface area (Å²) in [7, 11) is 0. The van der Waals surface area contributed by atoms with Gasteiger partial charge in [-0.05, 0) is 36.5 Å². The van der Waals surface area contributed by atoms with Crippen LogP contribution in [0.15, 0.2) is 24.3 Å². The van der Waals surface area contributed by atoms with Crippen molar-refractivity contribution in [1.29, 1.82) is 0 Å². The Morgan fingerprint density at radius 1 is 1.47 bits per heavy atom. The van der Waals surface area contributed by atoms with Crippen LogP contribution in [0.3, 0.4) is 0 Å². The van der Waals surface area contributed by atoms with E-state index in [0.29, 0.717) is 5.92 Å². The number of benzene rings is 1. The number of Topliss-reactive ketones (excluding diaryl/α,β-unsaturated/α-hetero) is 1. The quantitative estimate of drug-likeness (QED) is 0.778. The van der Waals surface area contributed by atoms with Gasteiger partial charge in [0.15, 0.2) is 11.9 Å². The first kappa shape index (κ1) is 10.8. The van der Waals surface area contributed by atoms with Crippen LogP contribution in [-0.4, -0.2) is 11.9 Å². The van der Waals surface area contributed by atoms with Gasteiger partial charge in [0.25, 0.3) is 0 Å². The first-order valence-electron chi connectivity index (χ1n) is 6.10. The van der Waals surface area contributed by atoms with E-state index in [2.05, 4.69) is 26.3 Å². The van der Waals surface area contributed by atoms with Gasteiger partial charge in [0.1, 0.15) is 5.75 Å². The van der Waals surface area contributed by atoms with Crippen LogP contribution >= 0.6 is 0 Å². The van der Waals surface area contributed by atoms with Gasteiger partial charge in [-0.25, -0.2) is 0 Å². The van der Waals surface area contributed by atoms with Crippen molar-refractivity contribution < 1.29 is 9.53 Å². The summed E-state index contributed by atoms with van der Waals surface area (Å²) in [5.74, 6) is 1.38. The van der Waals surface area contributed by atoms with Gasteiger partial charge in [-0.15, -0.1) is 0 Å². The van der Waals surface area contributed by atoms with Crippen LogP contribution in [0.4, 0.5) is 0 Å². The summed E-state index contributed by atoms with van der Waals surface area (Å²) in [6, 6.07) is 10.3. The number of ether oxygens (including phenoxy) is 1. The Morgan fingerprint density at radius 2 is 2.29 bits per heavy atom. The molecule has 3 atom stereocenters. The van der Waals surface area contributed by atoms with Crippen molar-refractivity contribution in [3.8, 4) is 5.75 Å². The molecule has 0 spiro atoms. The molecule has 2 aliphatic carbocycles. The maximum Gasteiger partial charge on any atom is 0.177 e. The maximum absolute atomic E-state index is 12.2. The van der Waals surface area contributed by atoms with Crippen LogP contribution in [0.2, 0.25) is 0 Å². The van der Waals surface area contributed by atoms with E-state index in [4.69, 9.17) is 4.74 Å². The topological polar surface area (TPSA) is 26.3 Å². The highest BCUT2D eigenvalue weighted by atomic mass is 16.5. The monoisotopic (exact) mass is 228 g/mol. The number of ketones is 1. The molecule has 0 heterocycles. The van der Waals surface area contributed by atoms with Gasteiger partial charge >= 0.3 is 0 Å². The van der Waals surface area contributed by atoms with Gasteiger partial charge in [0.2, 0.25) is 0 Å². The van der Waals surface area contributed by atoms with E-state index in [1.165, 1.54) is 0 Å². The molecule has 2 saturated carbocycles. The highest BCUT2D eigenvalue weighted by molar-refractivity contribution is 5.92. The normalized spacial score (nSPS) is 34.0. The molecule has 0 saturated heterocycles. The molecule has 88 valence electrons. The number of rotatable bonds is 2. The summed E-state index contributed by atoms with van der Waals surface area (Å²) >= 11 is 0. The third kappa shape index (κ3) is 1.50. The molecule has 0 aromatic heterocycles. The molecule has 17 heavy (non-hydrogen) atoms. The number of carbonyl (C=O) groups excluding carboxylic acids is 1. The molecule has 2 aliphatic rings. The zero-order valence-corrected chi connectivity index (χ0v) is 10.1. The van der Waals surface area contributed by atoms with Crippen LogP contribution in [0.1, 0.15) is 20.3 Å². The van der Waals surface area contributed by atoms with E-state index in [1.807, 2.05) is 18.2 Å². The second kappa shape index (κ2) is 3.59. The third-order valence-corrected chi connectivity index (χ3v) is 4.28. The maximum atomic E-state index is 12.2. The van der Waals surface area contributed by atoms with Crippen molar-refractivity contribution in [2.75, 3.05) is 0 Å². The molecule has 0 N–H and O–H groups in total. The fourth-order valence-corrected chi connectivity index (χ4v) is 3.23. The van der Waals surface area contributed by atoms with Gasteiger partial charge < -0.3 is 4.74 Å². The van der Waals surface area contributed by atoms with Gasteiger partial charge in [-0.1, -0.05) is 26.0 Å². The lowest BCUT2D eigenvalue weighted by Gasteiger charge is -2.25. The molecule has 2 radical (unpaired) electrons. The molecule has 1 aromatic carbocycles. The first-order chi connectivity index (χ1) is 8.10. The summed E-state index contributed by atoms with van der Waals surface area (Å²) in [6.45, 7) is 4.34. The minimum atomic E-state index is -0.268. The largest absolute Gasteiger partial charge is 0.482 e. The Hall–Kier alpha value is -1.31. The molecule has 2 fully saturated rings. The van der Waals surface area contributed by atoms with E-state index >= 15 is 0 Å². The van der Waals surface area contributed by atoms with E-state index in [1.54, 1.807) is 6.07 Å². The van der Waals surface area contributed by atoms with Gasteiger partial charge in [-0.3, -0.25) is 4.79 Å². The van der Waals surface area contributed by atoms with Crippen molar-refractivity contribution in [3.05, 3.63) is 36.8 Å². The Morgan fingerprint density at radius 3 is 2.88 bits per heavy atom. The Kier molecular flexibility index (Phi) is 2.29. The highest BCUT2D eigenvalue weighted by Gasteiger charge is 2.60. The van der Waals surface area contributed by atoms with E-state index in [9.17, 15) is 4.79 Å². The predicted octanol–water partition coefficient (Wildman–Crippen LogP) is 2.68. The first-order valence-corrected chi connectivity index (χ1v) is 6.10. The van der Waals surface area contributed by atoms with E-state index in [-0.39, 0.29) is 23.2 Å². The van der Waals surface area contributed by atoms with E-state index in [0.717, 1.165) is 12.2 Å². The smallest absolute Gasteiger partial charge is 0.177 e. The van der Waals surface area contributed by atoms with Crippen molar-refractivity contribution in [1.82, 2.24) is 0 Å². The van der Waals surface area contributed by atoms with Gasteiger partial charge in [-0.2, -0.15) is 0 Å². The molecular weight excluding hydrogens is 212 g/mol. The number of hydrogen-bond donors (Lipinski definition) is 0. The van der Waals surface area contributed by atoms with Crippen molar-refractivity contribution >= 4 is 5.78 Å². The van der Waals surface area contributed by atoms with E-state index < -0.39 is 0 Å². The minimum Gasteiger partial charge on any atom is -0.482 e. The summed E-state index contributed by atoms with van der Waals surface area (Å²) in [5.41, 5.74) is 0.0558. The average molecular weight is 228 g/mol.